The lowest BCUT2D eigenvalue weighted by Crippen LogP contribution is -2.25. The highest BCUT2D eigenvalue weighted by atomic mass is 16.5. The monoisotopic (exact) mass is 223 g/mol. The fourth-order valence-electron chi connectivity index (χ4n) is 1.54. The lowest BCUT2D eigenvalue weighted by atomic mass is 10.4. The molecule has 0 atom stereocenters. The standard InChI is InChI=1S/C12H21N3O/c1-3-15(4-2)8-5-9-16-11-6-7-14-12(13)10-11/h6-7,10H,3-5,8-9H2,1-2H3,(H2,13,14). The summed E-state index contributed by atoms with van der Waals surface area (Å²) in [6, 6.07) is 3.57. The van der Waals surface area contributed by atoms with E-state index in [1.54, 1.807) is 12.3 Å². The number of anilines is 1. The van der Waals surface area contributed by atoms with Crippen molar-refractivity contribution in [3.8, 4) is 5.75 Å². The van der Waals surface area contributed by atoms with Crippen LogP contribution in [0.2, 0.25) is 0 Å². The molecule has 1 heterocycles. The number of hydrogen-bond donors (Lipinski definition) is 1. The van der Waals surface area contributed by atoms with Gasteiger partial charge in [-0.3, -0.25) is 0 Å². The van der Waals surface area contributed by atoms with Crippen molar-refractivity contribution in [3.05, 3.63) is 18.3 Å². The van der Waals surface area contributed by atoms with E-state index in [-0.39, 0.29) is 0 Å². The zero-order valence-corrected chi connectivity index (χ0v) is 10.1. The molecule has 0 amide bonds. The van der Waals surface area contributed by atoms with E-state index in [0.717, 1.165) is 38.4 Å². The summed E-state index contributed by atoms with van der Waals surface area (Å²) in [6.45, 7) is 8.34. The topological polar surface area (TPSA) is 51.4 Å². The number of ether oxygens (including phenoxy) is 1. The van der Waals surface area contributed by atoms with E-state index in [1.165, 1.54) is 0 Å². The van der Waals surface area contributed by atoms with Crippen LogP contribution in [-0.2, 0) is 0 Å². The van der Waals surface area contributed by atoms with Gasteiger partial charge in [-0.15, -0.1) is 0 Å². The van der Waals surface area contributed by atoms with Crippen LogP contribution in [0.1, 0.15) is 20.3 Å². The third kappa shape index (κ3) is 4.49. The zero-order valence-electron chi connectivity index (χ0n) is 10.1. The molecule has 4 nitrogen and oxygen atoms in total. The SMILES string of the molecule is CCN(CC)CCCOc1ccnc(N)c1. The van der Waals surface area contributed by atoms with E-state index in [9.17, 15) is 0 Å². The van der Waals surface area contributed by atoms with Gasteiger partial charge in [0, 0.05) is 18.8 Å². The van der Waals surface area contributed by atoms with Crippen LogP contribution in [0.5, 0.6) is 5.75 Å². The molecule has 0 radical (unpaired) electrons. The number of aromatic nitrogens is 1. The Balaban J connectivity index is 2.20. The second-order valence-corrected chi connectivity index (χ2v) is 3.65. The summed E-state index contributed by atoms with van der Waals surface area (Å²) in [4.78, 5) is 6.29. The lowest BCUT2D eigenvalue weighted by Gasteiger charge is -2.17. The summed E-state index contributed by atoms with van der Waals surface area (Å²) in [5, 5.41) is 0. The van der Waals surface area contributed by atoms with Gasteiger partial charge in [0.05, 0.1) is 6.61 Å². The molecule has 1 rings (SSSR count). The number of hydrogen-bond acceptors (Lipinski definition) is 4. The molecule has 0 spiro atoms. The van der Waals surface area contributed by atoms with Gasteiger partial charge in [0.2, 0.25) is 0 Å². The Morgan fingerprint density at radius 2 is 2.12 bits per heavy atom. The molecule has 0 saturated heterocycles. The Morgan fingerprint density at radius 1 is 1.38 bits per heavy atom. The summed E-state index contributed by atoms with van der Waals surface area (Å²) >= 11 is 0. The summed E-state index contributed by atoms with van der Waals surface area (Å²) in [6.07, 6.45) is 2.69. The van der Waals surface area contributed by atoms with Crippen molar-refractivity contribution in [2.75, 3.05) is 32.0 Å². The van der Waals surface area contributed by atoms with E-state index in [4.69, 9.17) is 10.5 Å². The summed E-state index contributed by atoms with van der Waals surface area (Å²) in [5.74, 6) is 1.30. The minimum atomic E-state index is 0.501. The van der Waals surface area contributed by atoms with Crippen LogP contribution in [0.3, 0.4) is 0 Å². The molecule has 4 heteroatoms. The smallest absolute Gasteiger partial charge is 0.126 e. The van der Waals surface area contributed by atoms with Crippen molar-refractivity contribution in [2.24, 2.45) is 0 Å². The number of pyridine rings is 1. The first-order valence-electron chi connectivity index (χ1n) is 5.83. The molecule has 0 aliphatic carbocycles. The van der Waals surface area contributed by atoms with Gasteiger partial charge in [0.25, 0.3) is 0 Å². The maximum atomic E-state index is 5.58. The van der Waals surface area contributed by atoms with E-state index in [2.05, 4.69) is 23.7 Å². The summed E-state index contributed by atoms with van der Waals surface area (Å²) < 4.78 is 5.58. The van der Waals surface area contributed by atoms with E-state index >= 15 is 0 Å². The third-order valence-corrected chi connectivity index (χ3v) is 2.53. The minimum absolute atomic E-state index is 0.501. The van der Waals surface area contributed by atoms with Gasteiger partial charge in [-0.05, 0) is 25.6 Å². The van der Waals surface area contributed by atoms with Crippen LogP contribution < -0.4 is 10.5 Å². The molecule has 0 fully saturated rings. The number of nitrogens with two attached hydrogens (primary N) is 1. The van der Waals surface area contributed by atoms with Crippen LogP contribution in [0.4, 0.5) is 5.82 Å². The van der Waals surface area contributed by atoms with Crippen LogP contribution in [0.25, 0.3) is 0 Å². The Hall–Kier alpha value is -1.29. The second kappa shape index (κ2) is 7.06. The molecule has 2 N–H and O–H groups in total. The van der Waals surface area contributed by atoms with Gasteiger partial charge in [-0.2, -0.15) is 0 Å². The molecule has 1 aromatic heterocycles. The van der Waals surface area contributed by atoms with E-state index in [1.807, 2.05) is 6.07 Å². The van der Waals surface area contributed by atoms with Crippen molar-refractivity contribution >= 4 is 5.82 Å². The van der Waals surface area contributed by atoms with Gasteiger partial charge in [-0.1, -0.05) is 13.8 Å². The molecule has 0 aliphatic heterocycles. The first-order chi connectivity index (χ1) is 7.76. The van der Waals surface area contributed by atoms with E-state index in [0.29, 0.717) is 5.82 Å². The summed E-state index contributed by atoms with van der Waals surface area (Å²) in [7, 11) is 0. The molecule has 1 aromatic rings. The minimum Gasteiger partial charge on any atom is -0.493 e. The molecule has 0 aromatic carbocycles. The predicted molar refractivity (Wildman–Crippen MR) is 66.5 cm³/mol. The summed E-state index contributed by atoms with van der Waals surface area (Å²) in [5.41, 5.74) is 5.55. The van der Waals surface area contributed by atoms with Crippen LogP contribution in [-0.4, -0.2) is 36.1 Å². The molecule has 0 unspecified atom stereocenters. The first kappa shape index (κ1) is 12.8. The number of nitrogen functional groups attached to an aromatic ring is 1. The Morgan fingerprint density at radius 3 is 2.75 bits per heavy atom. The second-order valence-electron chi connectivity index (χ2n) is 3.65. The van der Waals surface area contributed by atoms with Gasteiger partial charge in [0.15, 0.2) is 0 Å². The number of nitrogens with zero attached hydrogens (tertiary/aromatic N) is 2. The van der Waals surface area contributed by atoms with Crippen molar-refractivity contribution in [2.45, 2.75) is 20.3 Å². The number of rotatable bonds is 7. The molecular formula is C12H21N3O. The fraction of sp³-hybridized carbons (Fsp3) is 0.583. The maximum absolute atomic E-state index is 5.58. The van der Waals surface area contributed by atoms with Gasteiger partial charge >= 0.3 is 0 Å². The highest BCUT2D eigenvalue weighted by Crippen LogP contribution is 2.11. The first-order valence-corrected chi connectivity index (χ1v) is 5.83. The Kier molecular flexibility index (Phi) is 5.64. The molecule has 0 aliphatic rings. The van der Waals surface area contributed by atoms with Crippen molar-refractivity contribution < 1.29 is 4.74 Å². The lowest BCUT2D eigenvalue weighted by molar-refractivity contribution is 0.249. The molecule has 0 bridgehead atoms. The fourth-order valence-corrected chi connectivity index (χ4v) is 1.54. The Labute approximate surface area is 97.4 Å². The average Bonchev–Trinajstić information content (AvgIpc) is 2.29. The zero-order chi connectivity index (χ0) is 11.8. The van der Waals surface area contributed by atoms with Crippen LogP contribution in [0.15, 0.2) is 18.3 Å². The predicted octanol–water partition coefficient (Wildman–Crippen LogP) is 1.77. The van der Waals surface area contributed by atoms with Crippen molar-refractivity contribution in [1.29, 1.82) is 0 Å². The van der Waals surface area contributed by atoms with Crippen LogP contribution in [0, 0.1) is 0 Å². The quantitative estimate of drug-likeness (QED) is 0.716. The molecular weight excluding hydrogens is 202 g/mol. The molecule has 16 heavy (non-hydrogen) atoms. The van der Waals surface area contributed by atoms with Gasteiger partial charge in [0.1, 0.15) is 11.6 Å². The molecule has 0 saturated carbocycles. The largest absolute Gasteiger partial charge is 0.493 e. The van der Waals surface area contributed by atoms with Gasteiger partial charge < -0.3 is 15.4 Å². The normalized spacial score (nSPS) is 10.7. The van der Waals surface area contributed by atoms with Crippen molar-refractivity contribution in [1.82, 2.24) is 9.88 Å². The highest BCUT2D eigenvalue weighted by molar-refractivity contribution is 5.35. The van der Waals surface area contributed by atoms with Crippen LogP contribution >= 0.6 is 0 Å². The average molecular weight is 223 g/mol. The highest BCUT2D eigenvalue weighted by Gasteiger charge is 1.99. The third-order valence-electron chi connectivity index (χ3n) is 2.53. The Bertz CT molecular complexity index is 300. The molecule has 90 valence electrons. The maximum Gasteiger partial charge on any atom is 0.126 e. The van der Waals surface area contributed by atoms with Gasteiger partial charge in [-0.25, -0.2) is 4.98 Å². The van der Waals surface area contributed by atoms with Crippen molar-refractivity contribution in [3.63, 3.8) is 0 Å². The van der Waals surface area contributed by atoms with E-state index < -0.39 is 0 Å².